The van der Waals surface area contributed by atoms with Crippen LogP contribution in [0.2, 0.25) is 0 Å². The number of hydrogen-bond acceptors (Lipinski definition) is 4. The maximum absolute atomic E-state index is 5.62. The lowest BCUT2D eigenvalue weighted by atomic mass is 10.2. The van der Waals surface area contributed by atoms with E-state index in [1.165, 1.54) is 32.4 Å². The molecular formula is C20H27N5O. The zero-order valence-corrected chi connectivity index (χ0v) is 15.4. The number of benzene rings is 1. The first kappa shape index (κ1) is 17.1. The molecule has 2 fully saturated rings. The van der Waals surface area contributed by atoms with Crippen LogP contribution in [-0.4, -0.2) is 60.0 Å². The Kier molecular flexibility index (Phi) is 5.20. The van der Waals surface area contributed by atoms with Crippen molar-refractivity contribution in [3.63, 3.8) is 0 Å². The monoisotopic (exact) mass is 353 g/mol. The summed E-state index contributed by atoms with van der Waals surface area (Å²) in [4.78, 5) is 14.0. The van der Waals surface area contributed by atoms with E-state index in [2.05, 4.69) is 25.1 Å². The van der Waals surface area contributed by atoms with Gasteiger partial charge in [-0.3, -0.25) is 9.89 Å². The summed E-state index contributed by atoms with van der Waals surface area (Å²) >= 11 is 0. The van der Waals surface area contributed by atoms with Crippen molar-refractivity contribution < 1.29 is 4.42 Å². The molecule has 6 nitrogen and oxygen atoms in total. The molecule has 3 heterocycles. The first-order chi connectivity index (χ1) is 12.8. The number of aliphatic imine (C=N–C) groups is 1. The number of nitrogens with zero attached hydrogens (tertiary/aromatic N) is 4. The van der Waals surface area contributed by atoms with Crippen LogP contribution in [-0.2, 0) is 6.54 Å². The molecule has 0 spiro atoms. The summed E-state index contributed by atoms with van der Waals surface area (Å²) < 4.78 is 5.62. The molecule has 1 N–H and O–H groups in total. The van der Waals surface area contributed by atoms with Gasteiger partial charge in [-0.1, -0.05) is 18.2 Å². The largest absolute Gasteiger partial charge is 0.444 e. The summed E-state index contributed by atoms with van der Waals surface area (Å²) in [6.45, 7) is 5.26. The molecule has 1 atom stereocenters. The summed E-state index contributed by atoms with van der Waals surface area (Å²) in [6, 6.07) is 10.7. The Balaban J connectivity index is 1.33. The molecule has 2 aromatic rings. The van der Waals surface area contributed by atoms with E-state index in [4.69, 9.17) is 4.42 Å². The maximum Gasteiger partial charge on any atom is 0.226 e. The topological polar surface area (TPSA) is 56.9 Å². The molecule has 1 unspecified atom stereocenters. The lowest BCUT2D eigenvalue weighted by molar-refractivity contribution is 0.249. The molecule has 1 aromatic carbocycles. The number of hydrogen-bond donors (Lipinski definition) is 1. The predicted octanol–water partition coefficient (Wildman–Crippen LogP) is 2.59. The van der Waals surface area contributed by atoms with Crippen LogP contribution < -0.4 is 5.32 Å². The first-order valence-electron chi connectivity index (χ1n) is 9.53. The van der Waals surface area contributed by atoms with Gasteiger partial charge in [-0.15, -0.1) is 0 Å². The smallest absolute Gasteiger partial charge is 0.226 e. The van der Waals surface area contributed by atoms with E-state index < -0.39 is 0 Å². The lowest BCUT2D eigenvalue weighted by Crippen LogP contribution is -2.42. The third-order valence-electron chi connectivity index (χ3n) is 5.33. The van der Waals surface area contributed by atoms with Crippen molar-refractivity contribution in [2.75, 3.05) is 33.2 Å². The van der Waals surface area contributed by atoms with Crippen molar-refractivity contribution in [3.8, 4) is 11.5 Å². The number of nitrogens with one attached hydrogen (secondary N) is 1. The molecular weight excluding hydrogens is 326 g/mol. The molecule has 2 aliphatic heterocycles. The van der Waals surface area contributed by atoms with Gasteiger partial charge >= 0.3 is 0 Å². The van der Waals surface area contributed by atoms with E-state index in [1.54, 1.807) is 6.26 Å². The molecule has 26 heavy (non-hydrogen) atoms. The summed E-state index contributed by atoms with van der Waals surface area (Å²) in [5.74, 6) is 1.61. The average molecular weight is 353 g/mol. The van der Waals surface area contributed by atoms with Gasteiger partial charge in [0.1, 0.15) is 6.26 Å². The van der Waals surface area contributed by atoms with E-state index in [1.807, 2.05) is 37.4 Å². The van der Waals surface area contributed by atoms with Crippen LogP contribution in [0, 0.1) is 0 Å². The van der Waals surface area contributed by atoms with Crippen molar-refractivity contribution in [1.29, 1.82) is 0 Å². The molecule has 138 valence electrons. The average Bonchev–Trinajstić information content (AvgIpc) is 3.44. The van der Waals surface area contributed by atoms with Gasteiger partial charge in [0.15, 0.2) is 5.96 Å². The Morgan fingerprint density at radius 3 is 2.81 bits per heavy atom. The van der Waals surface area contributed by atoms with E-state index in [-0.39, 0.29) is 0 Å². The molecule has 0 amide bonds. The summed E-state index contributed by atoms with van der Waals surface area (Å²) in [6.07, 6.45) is 5.64. The number of rotatable bonds is 4. The summed E-state index contributed by atoms with van der Waals surface area (Å²) in [5, 5.41) is 3.44. The molecule has 6 heteroatoms. The Bertz CT molecular complexity index is 736. The molecule has 0 bridgehead atoms. The Labute approximate surface area is 154 Å². The molecule has 0 saturated carbocycles. The van der Waals surface area contributed by atoms with Crippen LogP contribution in [0.4, 0.5) is 0 Å². The second-order valence-electron chi connectivity index (χ2n) is 7.04. The minimum Gasteiger partial charge on any atom is -0.444 e. The zero-order valence-electron chi connectivity index (χ0n) is 15.4. The molecule has 1 aromatic heterocycles. The summed E-state index contributed by atoms with van der Waals surface area (Å²) in [7, 11) is 1.85. The van der Waals surface area contributed by atoms with Gasteiger partial charge < -0.3 is 14.6 Å². The molecule has 4 rings (SSSR count). The molecule has 2 aliphatic rings. The van der Waals surface area contributed by atoms with E-state index in [9.17, 15) is 0 Å². The fourth-order valence-electron chi connectivity index (χ4n) is 3.94. The van der Waals surface area contributed by atoms with Gasteiger partial charge in [0, 0.05) is 31.7 Å². The lowest BCUT2D eigenvalue weighted by Gasteiger charge is -2.25. The van der Waals surface area contributed by atoms with Gasteiger partial charge in [0.25, 0.3) is 0 Å². The third kappa shape index (κ3) is 3.75. The molecule has 0 radical (unpaired) electrons. The highest BCUT2D eigenvalue weighted by Crippen LogP contribution is 2.21. The van der Waals surface area contributed by atoms with Gasteiger partial charge in [-0.2, -0.15) is 0 Å². The fraction of sp³-hybridized carbons (Fsp3) is 0.500. The molecule has 0 aliphatic carbocycles. The van der Waals surface area contributed by atoms with Gasteiger partial charge in [-0.25, -0.2) is 4.98 Å². The van der Waals surface area contributed by atoms with E-state index in [0.717, 1.165) is 30.3 Å². The number of aromatic nitrogens is 1. The highest BCUT2D eigenvalue weighted by molar-refractivity contribution is 5.80. The second-order valence-corrected chi connectivity index (χ2v) is 7.04. The van der Waals surface area contributed by atoms with Gasteiger partial charge in [0.05, 0.1) is 12.2 Å². The normalized spacial score (nSPS) is 21.5. The molecule has 2 saturated heterocycles. The van der Waals surface area contributed by atoms with E-state index in [0.29, 0.717) is 18.5 Å². The zero-order chi connectivity index (χ0) is 17.8. The van der Waals surface area contributed by atoms with Crippen molar-refractivity contribution >= 4 is 5.96 Å². The van der Waals surface area contributed by atoms with Crippen molar-refractivity contribution in [2.24, 2.45) is 4.99 Å². The van der Waals surface area contributed by atoms with Crippen LogP contribution >= 0.6 is 0 Å². The number of guanidine groups is 1. The Morgan fingerprint density at radius 2 is 2.04 bits per heavy atom. The third-order valence-corrected chi connectivity index (χ3v) is 5.33. The number of oxazole rings is 1. The Hall–Kier alpha value is -2.34. The minimum absolute atomic E-state index is 0.619. The van der Waals surface area contributed by atoms with Crippen LogP contribution in [0.15, 0.2) is 46.0 Å². The predicted molar refractivity (Wildman–Crippen MR) is 103 cm³/mol. The fourth-order valence-corrected chi connectivity index (χ4v) is 3.94. The van der Waals surface area contributed by atoms with Gasteiger partial charge in [-0.05, 0) is 44.5 Å². The summed E-state index contributed by atoms with van der Waals surface area (Å²) in [5.41, 5.74) is 1.89. The highest BCUT2D eigenvalue weighted by Gasteiger charge is 2.30. The van der Waals surface area contributed by atoms with Crippen LogP contribution in [0.25, 0.3) is 11.5 Å². The first-order valence-corrected chi connectivity index (χ1v) is 9.53. The minimum atomic E-state index is 0.619. The maximum atomic E-state index is 5.62. The van der Waals surface area contributed by atoms with Crippen LogP contribution in [0.5, 0.6) is 0 Å². The van der Waals surface area contributed by atoms with Gasteiger partial charge in [0.2, 0.25) is 5.89 Å². The van der Waals surface area contributed by atoms with Crippen molar-refractivity contribution in [3.05, 3.63) is 42.3 Å². The second kappa shape index (κ2) is 7.91. The van der Waals surface area contributed by atoms with E-state index >= 15 is 0 Å². The van der Waals surface area contributed by atoms with Crippen molar-refractivity contribution in [2.45, 2.75) is 31.8 Å². The standard InChI is InChI=1S/C20H27N5O/c1-21-20(25-12-9-18(14-25)24-10-5-6-11-24)22-13-17-15-26-19(23-17)16-7-3-2-4-8-16/h2-4,7-8,15,18H,5-6,9-14H2,1H3,(H,21,22). The SMILES string of the molecule is CN=C(NCc1coc(-c2ccccc2)n1)N1CCC(N2CCCC2)C1. The van der Waals surface area contributed by atoms with Crippen molar-refractivity contribution in [1.82, 2.24) is 20.1 Å². The van der Waals surface area contributed by atoms with Crippen LogP contribution in [0.1, 0.15) is 25.0 Å². The highest BCUT2D eigenvalue weighted by atomic mass is 16.3. The van der Waals surface area contributed by atoms with Crippen LogP contribution in [0.3, 0.4) is 0 Å². The quantitative estimate of drug-likeness (QED) is 0.676. The Morgan fingerprint density at radius 1 is 1.23 bits per heavy atom. The number of likely N-dealkylation sites (tertiary alicyclic amines) is 2.